The molecule has 0 saturated carbocycles. The van der Waals surface area contributed by atoms with Crippen LogP contribution in [-0.2, 0) is 4.79 Å². The van der Waals surface area contributed by atoms with Gasteiger partial charge in [0.25, 0.3) is 0 Å². The zero-order valence-corrected chi connectivity index (χ0v) is 9.92. The largest absolute Gasteiger partial charge is 0.512 e. The lowest BCUT2D eigenvalue weighted by Gasteiger charge is -2.09. The molecule has 0 fully saturated rings. The van der Waals surface area contributed by atoms with E-state index in [1.165, 1.54) is 0 Å². The summed E-state index contributed by atoms with van der Waals surface area (Å²) in [7, 11) is 0. The van der Waals surface area contributed by atoms with E-state index in [0.717, 1.165) is 0 Å². The van der Waals surface area contributed by atoms with Crippen LogP contribution in [0.15, 0.2) is 11.3 Å². The number of ketones is 1. The summed E-state index contributed by atoms with van der Waals surface area (Å²) in [4.78, 5) is 11.6. The molecule has 0 aliphatic heterocycles. The van der Waals surface area contributed by atoms with Gasteiger partial charge in [0.15, 0.2) is 5.78 Å². The van der Waals surface area contributed by atoms with Gasteiger partial charge >= 0.3 is 0 Å². The Hall–Kier alpha value is -0.790. The minimum Gasteiger partial charge on any atom is -0.512 e. The third-order valence-electron chi connectivity index (χ3n) is 2.05. The quantitative estimate of drug-likeness (QED) is 0.542. The maximum Gasteiger partial charge on any atom is 0.162 e. The van der Waals surface area contributed by atoms with Gasteiger partial charge in [-0.25, -0.2) is 0 Å². The van der Waals surface area contributed by atoms with Crippen LogP contribution >= 0.6 is 0 Å². The molecule has 0 aromatic carbocycles. The summed E-state index contributed by atoms with van der Waals surface area (Å²) >= 11 is 0. The highest BCUT2D eigenvalue weighted by molar-refractivity contribution is 5.95. The highest BCUT2D eigenvalue weighted by atomic mass is 16.3. The van der Waals surface area contributed by atoms with Gasteiger partial charge in [0.1, 0.15) is 0 Å². The van der Waals surface area contributed by atoms with E-state index in [2.05, 4.69) is 0 Å². The molecule has 14 heavy (non-hydrogen) atoms. The minimum absolute atomic E-state index is 0.0677. The van der Waals surface area contributed by atoms with Crippen molar-refractivity contribution in [2.24, 2.45) is 11.8 Å². The molecule has 0 aromatic heterocycles. The normalized spacial score (nSPS) is 13.4. The van der Waals surface area contributed by atoms with E-state index in [9.17, 15) is 9.90 Å². The van der Waals surface area contributed by atoms with Gasteiger partial charge in [-0.3, -0.25) is 4.79 Å². The van der Waals surface area contributed by atoms with Crippen molar-refractivity contribution in [2.45, 2.75) is 47.5 Å². The molecule has 0 radical (unpaired) electrons. The minimum atomic E-state index is 0.0677. The fraction of sp³-hybridized carbons (Fsp3) is 0.750. The summed E-state index contributed by atoms with van der Waals surface area (Å²) in [6, 6.07) is 0. The fourth-order valence-corrected chi connectivity index (χ4v) is 1.22. The van der Waals surface area contributed by atoms with E-state index in [4.69, 9.17) is 0 Å². The number of aliphatic hydroxyl groups excluding tert-OH is 1. The van der Waals surface area contributed by atoms with Gasteiger partial charge in [0.2, 0.25) is 0 Å². The molecule has 0 aliphatic rings. The standard InChI is InChI=1S/C12H22O2/c1-8(2)6-11(13)10(5)12(14)7-9(3)4/h8-9,13H,6-7H2,1-5H3. The van der Waals surface area contributed by atoms with Gasteiger partial charge in [-0.2, -0.15) is 0 Å². The highest BCUT2D eigenvalue weighted by Crippen LogP contribution is 2.15. The van der Waals surface area contributed by atoms with Crippen molar-refractivity contribution in [1.82, 2.24) is 0 Å². The maximum absolute atomic E-state index is 11.6. The predicted molar refractivity (Wildman–Crippen MR) is 59.2 cm³/mol. The molecule has 82 valence electrons. The molecule has 0 bridgehead atoms. The zero-order chi connectivity index (χ0) is 11.3. The Morgan fingerprint density at radius 3 is 1.86 bits per heavy atom. The third kappa shape index (κ3) is 5.05. The van der Waals surface area contributed by atoms with Crippen LogP contribution in [0.5, 0.6) is 0 Å². The van der Waals surface area contributed by atoms with E-state index in [1.807, 2.05) is 27.7 Å². The molecule has 0 unspecified atom stereocenters. The number of allylic oxidation sites excluding steroid dienone is 2. The molecular weight excluding hydrogens is 176 g/mol. The summed E-state index contributed by atoms with van der Waals surface area (Å²) in [6.45, 7) is 9.77. The average molecular weight is 198 g/mol. The van der Waals surface area contributed by atoms with Crippen LogP contribution in [0.4, 0.5) is 0 Å². The Balaban J connectivity index is 4.40. The third-order valence-corrected chi connectivity index (χ3v) is 2.05. The molecule has 0 atom stereocenters. The number of carbonyl (C=O) groups excluding carboxylic acids is 1. The molecule has 2 heteroatoms. The van der Waals surface area contributed by atoms with Crippen LogP contribution in [0.3, 0.4) is 0 Å². The molecule has 0 aromatic rings. The topological polar surface area (TPSA) is 37.3 Å². The second-order valence-electron chi connectivity index (χ2n) is 4.69. The molecule has 0 heterocycles. The molecule has 2 nitrogen and oxygen atoms in total. The second-order valence-corrected chi connectivity index (χ2v) is 4.69. The number of hydrogen-bond acceptors (Lipinski definition) is 2. The molecule has 0 aliphatic carbocycles. The first kappa shape index (κ1) is 13.2. The first-order chi connectivity index (χ1) is 6.34. The van der Waals surface area contributed by atoms with Crippen LogP contribution in [0.25, 0.3) is 0 Å². The van der Waals surface area contributed by atoms with E-state index in [0.29, 0.717) is 30.3 Å². The summed E-state index contributed by atoms with van der Waals surface area (Å²) in [5.41, 5.74) is 0.535. The van der Waals surface area contributed by atoms with Crippen molar-refractivity contribution in [1.29, 1.82) is 0 Å². The van der Waals surface area contributed by atoms with E-state index >= 15 is 0 Å². The highest BCUT2D eigenvalue weighted by Gasteiger charge is 2.12. The fourth-order valence-electron chi connectivity index (χ4n) is 1.22. The zero-order valence-electron chi connectivity index (χ0n) is 9.92. The Bertz CT molecular complexity index is 224. The maximum atomic E-state index is 11.6. The predicted octanol–water partition coefficient (Wildman–Crippen LogP) is 3.48. The van der Waals surface area contributed by atoms with Crippen LogP contribution in [0.1, 0.15) is 47.5 Å². The number of hydrogen-bond donors (Lipinski definition) is 1. The number of aliphatic hydroxyl groups is 1. The first-order valence-corrected chi connectivity index (χ1v) is 5.26. The average Bonchev–Trinajstić information content (AvgIpc) is 2.00. The molecule has 0 spiro atoms. The monoisotopic (exact) mass is 198 g/mol. The lowest BCUT2D eigenvalue weighted by Crippen LogP contribution is -2.07. The lowest BCUT2D eigenvalue weighted by atomic mass is 9.98. The van der Waals surface area contributed by atoms with Crippen molar-refractivity contribution >= 4 is 5.78 Å². The van der Waals surface area contributed by atoms with Gasteiger partial charge in [-0.1, -0.05) is 27.7 Å². The van der Waals surface area contributed by atoms with Gasteiger partial charge in [-0.05, 0) is 18.8 Å². The Labute approximate surface area is 87.0 Å². The van der Waals surface area contributed by atoms with Crippen molar-refractivity contribution in [3.8, 4) is 0 Å². The van der Waals surface area contributed by atoms with Gasteiger partial charge in [-0.15, -0.1) is 0 Å². The van der Waals surface area contributed by atoms with Crippen molar-refractivity contribution in [3.05, 3.63) is 11.3 Å². The molecule has 0 rings (SSSR count). The lowest BCUT2D eigenvalue weighted by molar-refractivity contribution is -0.116. The van der Waals surface area contributed by atoms with Gasteiger partial charge in [0, 0.05) is 18.4 Å². The smallest absolute Gasteiger partial charge is 0.162 e. The van der Waals surface area contributed by atoms with E-state index < -0.39 is 0 Å². The number of Topliss-reactive ketones (excluding diaryl/α,β-unsaturated/α-hetero) is 1. The SMILES string of the molecule is CC(C(=O)CC(C)C)=C(O)CC(C)C. The van der Waals surface area contributed by atoms with Crippen LogP contribution in [-0.4, -0.2) is 10.9 Å². The molecule has 0 amide bonds. The molecular formula is C12H22O2. The van der Waals surface area contributed by atoms with E-state index in [1.54, 1.807) is 6.92 Å². The van der Waals surface area contributed by atoms with Crippen LogP contribution < -0.4 is 0 Å². The van der Waals surface area contributed by atoms with Crippen molar-refractivity contribution in [3.63, 3.8) is 0 Å². The summed E-state index contributed by atoms with van der Waals surface area (Å²) in [5.74, 6) is 1.06. The number of rotatable bonds is 5. The summed E-state index contributed by atoms with van der Waals surface area (Å²) in [6.07, 6.45) is 1.11. The molecule has 0 saturated heterocycles. The number of carbonyl (C=O) groups is 1. The van der Waals surface area contributed by atoms with E-state index in [-0.39, 0.29) is 11.5 Å². The van der Waals surface area contributed by atoms with Gasteiger partial charge < -0.3 is 5.11 Å². The summed E-state index contributed by atoms with van der Waals surface area (Å²) < 4.78 is 0. The van der Waals surface area contributed by atoms with Crippen LogP contribution in [0, 0.1) is 11.8 Å². The van der Waals surface area contributed by atoms with Crippen molar-refractivity contribution < 1.29 is 9.90 Å². The van der Waals surface area contributed by atoms with Crippen molar-refractivity contribution in [2.75, 3.05) is 0 Å². The Morgan fingerprint density at radius 1 is 1.07 bits per heavy atom. The van der Waals surface area contributed by atoms with Crippen LogP contribution in [0.2, 0.25) is 0 Å². The summed E-state index contributed by atoms with van der Waals surface area (Å²) in [5, 5.41) is 9.63. The second kappa shape index (κ2) is 5.84. The molecule has 1 N–H and O–H groups in total. The van der Waals surface area contributed by atoms with Gasteiger partial charge in [0.05, 0.1) is 5.76 Å². The first-order valence-electron chi connectivity index (χ1n) is 5.26. The Morgan fingerprint density at radius 2 is 1.50 bits per heavy atom. The Kier molecular flexibility index (Phi) is 5.51.